The van der Waals surface area contributed by atoms with Gasteiger partial charge in [0.1, 0.15) is 5.69 Å². The molecule has 4 aliphatic rings. The molecule has 9 rings (SSSR count). The minimum atomic E-state index is -0.596. The maximum Gasteiger partial charge on any atom is 0.328 e. The first kappa shape index (κ1) is 34.5. The molecule has 3 saturated heterocycles. The quantitative estimate of drug-likeness (QED) is 0.215. The number of imide groups is 1. The van der Waals surface area contributed by atoms with E-state index in [0.29, 0.717) is 47.4 Å². The number of carbonyl (C=O) groups is 4. The number of anilines is 5. The van der Waals surface area contributed by atoms with Crippen molar-refractivity contribution in [2.45, 2.75) is 25.7 Å². The number of pyridine rings is 1. The van der Waals surface area contributed by atoms with Gasteiger partial charge in [-0.25, -0.2) is 14.3 Å². The Morgan fingerprint density at radius 2 is 1.71 bits per heavy atom. The summed E-state index contributed by atoms with van der Waals surface area (Å²) in [6.07, 6.45) is 6.16. The van der Waals surface area contributed by atoms with Gasteiger partial charge in [0.25, 0.3) is 11.8 Å². The molecule has 55 heavy (non-hydrogen) atoms. The summed E-state index contributed by atoms with van der Waals surface area (Å²) in [5, 5.41) is 10.6. The van der Waals surface area contributed by atoms with Gasteiger partial charge in [0, 0.05) is 81.0 Å². The molecule has 0 atom stereocenters. The van der Waals surface area contributed by atoms with Crippen molar-refractivity contribution < 1.29 is 19.2 Å². The summed E-state index contributed by atoms with van der Waals surface area (Å²) >= 11 is 6.41. The molecular weight excluding hydrogens is 722 g/mol. The van der Waals surface area contributed by atoms with Crippen molar-refractivity contribution in [1.29, 1.82) is 0 Å². The summed E-state index contributed by atoms with van der Waals surface area (Å²) in [5.41, 5.74) is 13.4. The first-order chi connectivity index (χ1) is 26.6. The van der Waals surface area contributed by atoms with Crippen LogP contribution in [0.2, 0.25) is 5.02 Å². The Morgan fingerprint density at radius 1 is 0.909 bits per heavy atom. The third-order valence-corrected chi connectivity index (χ3v) is 11.7. The zero-order valence-corrected chi connectivity index (χ0v) is 30.8. The van der Waals surface area contributed by atoms with Crippen molar-refractivity contribution in [3.05, 3.63) is 88.8 Å². The number of benzene rings is 2. The van der Waals surface area contributed by atoms with Crippen molar-refractivity contribution in [3.63, 3.8) is 0 Å². The predicted molar refractivity (Wildman–Crippen MR) is 208 cm³/mol. The highest BCUT2D eigenvalue weighted by Gasteiger charge is 2.46. The number of imidazole rings is 1. The zero-order valence-electron chi connectivity index (χ0n) is 30.1. The van der Waals surface area contributed by atoms with Crippen molar-refractivity contribution in [1.82, 2.24) is 29.8 Å². The third kappa shape index (κ3) is 5.95. The summed E-state index contributed by atoms with van der Waals surface area (Å²) in [6.45, 7) is 4.02. The van der Waals surface area contributed by atoms with E-state index in [4.69, 9.17) is 27.4 Å². The fraction of sp³-hybridized carbons (Fsp3) is 0.308. The average Bonchev–Trinajstić information content (AvgIpc) is 3.82. The smallest absolute Gasteiger partial charge is 0.328 e. The largest absolute Gasteiger partial charge is 0.385 e. The molecule has 3 fully saturated rings. The first-order valence-electron chi connectivity index (χ1n) is 18.3. The second-order valence-corrected chi connectivity index (χ2v) is 15.0. The van der Waals surface area contributed by atoms with Crippen LogP contribution in [0, 0.1) is 5.41 Å². The molecular formula is C39H38ClN11O4. The van der Waals surface area contributed by atoms with Crippen LogP contribution in [0.1, 0.15) is 45.7 Å². The molecule has 3 aromatic heterocycles. The minimum absolute atomic E-state index is 0.0942. The molecule has 0 radical (unpaired) electrons. The zero-order chi connectivity index (χ0) is 38.0. The highest BCUT2D eigenvalue weighted by molar-refractivity contribution is 6.34. The van der Waals surface area contributed by atoms with E-state index in [0.717, 1.165) is 60.7 Å². The fourth-order valence-corrected chi connectivity index (χ4v) is 8.58. The molecule has 5 aromatic rings. The molecule has 4 N–H and O–H groups in total. The van der Waals surface area contributed by atoms with Gasteiger partial charge in [-0.3, -0.25) is 29.6 Å². The van der Waals surface area contributed by atoms with Gasteiger partial charge in [0.2, 0.25) is 5.91 Å². The molecule has 2 aromatic carbocycles. The van der Waals surface area contributed by atoms with Crippen molar-refractivity contribution in [2.24, 2.45) is 11.1 Å². The van der Waals surface area contributed by atoms with Gasteiger partial charge < -0.3 is 25.8 Å². The molecule has 4 aliphatic heterocycles. The number of halogens is 1. The molecule has 5 amide bonds. The summed E-state index contributed by atoms with van der Waals surface area (Å²) in [7, 11) is 1.81. The van der Waals surface area contributed by atoms with E-state index in [1.807, 2.05) is 23.2 Å². The van der Waals surface area contributed by atoms with Crippen LogP contribution >= 0.6 is 11.6 Å². The van der Waals surface area contributed by atoms with Gasteiger partial charge in [0.15, 0.2) is 11.5 Å². The number of aromatic nitrogens is 4. The molecule has 280 valence electrons. The van der Waals surface area contributed by atoms with Crippen LogP contribution in [0.5, 0.6) is 0 Å². The maximum atomic E-state index is 13.6. The van der Waals surface area contributed by atoms with E-state index < -0.39 is 11.9 Å². The van der Waals surface area contributed by atoms with Gasteiger partial charge in [-0.15, -0.1) is 5.10 Å². The molecule has 1 spiro atoms. The van der Waals surface area contributed by atoms with Crippen molar-refractivity contribution in [2.75, 3.05) is 66.3 Å². The lowest BCUT2D eigenvalue weighted by molar-refractivity contribution is -0.120. The number of hydrogen-bond acceptors (Lipinski definition) is 10. The number of carbonyl (C=O) groups excluding carboxylic acids is 4. The van der Waals surface area contributed by atoms with E-state index in [9.17, 15) is 19.2 Å². The number of nitrogens with one attached hydrogen (secondary N) is 2. The summed E-state index contributed by atoms with van der Waals surface area (Å²) < 4.78 is 1.50. The lowest BCUT2D eigenvalue weighted by atomic mass is 9.71. The van der Waals surface area contributed by atoms with E-state index >= 15 is 0 Å². The molecule has 15 nitrogen and oxygen atoms in total. The summed E-state index contributed by atoms with van der Waals surface area (Å²) in [6, 6.07) is 16.8. The predicted octanol–water partition coefficient (Wildman–Crippen LogP) is 4.47. The number of piperidine rings is 1. The number of urea groups is 1. The number of hydrogen-bond donors (Lipinski definition) is 3. The van der Waals surface area contributed by atoms with Crippen molar-refractivity contribution >= 4 is 69.6 Å². The maximum absolute atomic E-state index is 13.6. The lowest BCUT2D eigenvalue weighted by Gasteiger charge is -2.55. The molecule has 0 bridgehead atoms. The molecule has 0 saturated carbocycles. The highest BCUT2D eigenvalue weighted by Crippen LogP contribution is 2.44. The van der Waals surface area contributed by atoms with Crippen molar-refractivity contribution in [3.8, 4) is 11.3 Å². The van der Waals surface area contributed by atoms with Crippen LogP contribution in [0.4, 0.5) is 33.4 Å². The van der Waals surface area contributed by atoms with Crippen LogP contribution in [0.3, 0.4) is 0 Å². The Kier molecular flexibility index (Phi) is 8.33. The normalized spacial score (nSPS) is 17.7. The van der Waals surface area contributed by atoms with Crippen LogP contribution in [-0.2, 0) is 11.2 Å². The van der Waals surface area contributed by atoms with E-state index in [1.165, 1.54) is 21.2 Å². The lowest BCUT2D eigenvalue weighted by Crippen LogP contribution is -2.61. The number of likely N-dealkylation sites (tertiary alicyclic amines) is 1. The molecule has 16 heteroatoms. The average molecular weight is 760 g/mol. The van der Waals surface area contributed by atoms with E-state index in [1.54, 1.807) is 25.2 Å². The first-order valence-corrected chi connectivity index (χ1v) is 18.7. The fourth-order valence-electron chi connectivity index (χ4n) is 8.36. The number of rotatable bonds is 7. The van der Waals surface area contributed by atoms with Crippen LogP contribution in [-0.4, -0.2) is 94.6 Å². The molecule has 7 heterocycles. The Bertz CT molecular complexity index is 2400. The van der Waals surface area contributed by atoms with E-state index in [-0.39, 0.29) is 35.9 Å². The highest BCUT2D eigenvalue weighted by atomic mass is 35.5. The topological polar surface area (TPSA) is 174 Å². The van der Waals surface area contributed by atoms with Crippen LogP contribution in [0.25, 0.3) is 16.9 Å². The monoisotopic (exact) mass is 759 g/mol. The summed E-state index contributed by atoms with van der Waals surface area (Å²) in [5.74, 6) is -0.337. The van der Waals surface area contributed by atoms with Gasteiger partial charge in [-0.2, -0.15) is 0 Å². The van der Waals surface area contributed by atoms with Gasteiger partial charge in [0.05, 0.1) is 40.2 Å². The second kappa shape index (κ2) is 13.3. The number of nitrogens with two attached hydrogens (primary N) is 1. The second-order valence-electron chi connectivity index (χ2n) is 14.6. The van der Waals surface area contributed by atoms with Crippen LogP contribution < -0.4 is 31.1 Å². The molecule has 0 unspecified atom stereocenters. The van der Waals surface area contributed by atoms with Gasteiger partial charge in [-0.1, -0.05) is 23.7 Å². The minimum Gasteiger partial charge on any atom is -0.385 e. The molecule has 0 aliphatic carbocycles. The van der Waals surface area contributed by atoms with Gasteiger partial charge in [-0.05, 0) is 61.2 Å². The number of primary amides is 1. The van der Waals surface area contributed by atoms with E-state index in [2.05, 4.69) is 49.7 Å². The summed E-state index contributed by atoms with van der Waals surface area (Å²) in [4.78, 5) is 66.7. The van der Waals surface area contributed by atoms with Crippen LogP contribution in [0.15, 0.2) is 67.0 Å². The number of amides is 5. The Morgan fingerprint density at radius 3 is 2.44 bits per heavy atom. The SMILES string of the molecule is CNc1cc(N2CCc3c(-c4ccc(N5CC6(CCN(C(=O)c7ccc(Cl)c(N8CCC(=O)NC8=O)c7)CC6)C5)cn4)cccc32)nn2c(C(N)=O)cnc12. The Hall–Kier alpha value is -6.22. The standard InChI is InChI=1S/C39H38ClN11O4/c1-42-29-18-33(46-51-32(35(41)53)20-44-36(29)51)49-13-9-26-25(3-2-4-30(26)49)28-8-6-24(19-43-28)48-21-39(22-48)11-15-47(16-12-39)37(54)23-5-7-27(40)31(17-23)50-14-10-34(52)45-38(50)55/h2-8,17-20,42H,9-16,21-22H2,1H3,(H2,41,53)(H,45,52,55). The Labute approximate surface area is 321 Å². The third-order valence-electron chi connectivity index (χ3n) is 11.4. The number of nitrogens with zero attached hydrogens (tertiary/aromatic N) is 8. The van der Waals surface area contributed by atoms with Gasteiger partial charge >= 0.3 is 6.03 Å². The number of fused-ring (bicyclic) bond motifs is 2. The Balaban J connectivity index is 0.850.